The average molecular weight is 287 g/mol. The van der Waals surface area contributed by atoms with Gasteiger partial charge in [0.25, 0.3) is 5.91 Å². The normalized spacial score (nSPS) is 14.9. The van der Waals surface area contributed by atoms with Crippen LogP contribution in [0.15, 0.2) is 24.3 Å². The van der Waals surface area contributed by atoms with E-state index in [2.05, 4.69) is 15.5 Å². The van der Waals surface area contributed by atoms with Gasteiger partial charge in [0.05, 0.1) is 0 Å². The summed E-state index contributed by atoms with van der Waals surface area (Å²) >= 11 is 0. The summed E-state index contributed by atoms with van der Waals surface area (Å²) in [5.74, 6) is -0.649. The summed E-state index contributed by atoms with van der Waals surface area (Å²) in [4.78, 5) is 12.3. The summed E-state index contributed by atoms with van der Waals surface area (Å²) in [5.41, 5.74) is 2.97. The van der Waals surface area contributed by atoms with E-state index >= 15 is 0 Å². The lowest BCUT2D eigenvalue weighted by atomic mass is 9.97. The molecule has 21 heavy (non-hydrogen) atoms. The van der Waals surface area contributed by atoms with E-state index in [1.807, 2.05) is 0 Å². The number of aromatic amines is 1. The van der Waals surface area contributed by atoms with Crippen LogP contribution in [0.2, 0.25) is 0 Å². The van der Waals surface area contributed by atoms with Crippen LogP contribution in [-0.4, -0.2) is 16.1 Å². The maximum Gasteiger partial charge on any atom is 0.276 e. The van der Waals surface area contributed by atoms with Crippen molar-refractivity contribution in [3.8, 4) is 0 Å². The van der Waals surface area contributed by atoms with Crippen LogP contribution in [0.4, 0.5) is 10.1 Å². The Kier molecular flexibility index (Phi) is 3.99. The topological polar surface area (TPSA) is 57.8 Å². The molecule has 0 saturated carbocycles. The molecule has 110 valence electrons. The molecule has 5 heteroatoms. The van der Waals surface area contributed by atoms with E-state index in [0.717, 1.165) is 36.9 Å². The molecule has 1 amide bonds. The highest BCUT2D eigenvalue weighted by Gasteiger charge is 2.20. The summed E-state index contributed by atoms with van der Waals surface area (Å²) < 4.78 is 13.2. The van der Waals surface area contributed by atoms with E-state index < -0.39 is 0 Å². The van der Waals surface area contributed by atoms with Gasteiger partial charge in [0.1, 0.15) is 5.82 Å². The van der Waals surface area contributed by atoms with Crippen molar-refractivity contribution in [3.05, 3.63) is 47.0 Å². The predicted octanol–water partition coefficient (Wildman–Crippen LogP) is 3.46. The third-order valence-electron chi connectivity index (χ3n) is 3.85. The fourth-order valence-corrected chi connectivity index (χ4v) is 2.78. The van der Waals surface area contributed by atoms with Gasteiger partial charge in [0, 0.05) is 16.9 Å². The SMILES string of the molecule is O=C(Nc1cccc(F)c1)c1n[nH]c2c1CCCCCC2. The van der Waals surface area contributed by atoms with Gasteiger partial charge in [-0.15, -0.1) is 0 Å². The maximum absolute atomic E-state index is 13.2. The predicted molar refractivity (Wildman–Crippen MR) is 78.8 cm³/mol. The number of halogens is 1. The van der Waals surface area contributed by atoms with Gasteiger partial charge in [0.15, 0.2) is 5.69 Å². The number of aromatic nitrogens is 2. The number of hydrogen-bond donors (Lipinski definition) is 2. The van der Waals surface area contributed by atoms with Gasteiger partial charge in [-0.3, -0.25) is 9.89 Å². The summed E-state index contributed by atoms with van der Waals surface area (Å²) in [5, 5.41) is 9.87. The van der Waals surface area contributed by atoms with Gasteiger partial charge in [-0.2, -0.15) is 5.10 Å². The number of rotatable bonds is 2. The number of hydrogen-bond acceptors (Lipinski definition) is 2. The Morgan fingerprint density at radius 2 is 2.00 bits per heavy atom. The second kappa shape index (κ2) is 6.08. The van der Waals surface area contributed by atoms with E-state index in [1.54, 1.807) is 12.1 Å². The molecule has 1 aromatic carbocycles. The van der Waals surface area contributed by atoms with Gasteiger partial charge >= 0.3 is 0 Å². The summed E-state index contributed by atoms with van der Waals surface area (Å²) in [6, 6.07) is 5.88. The summed E-state index contributed by atoms with van der Waals surface area (Å²) in [7, 11) is 0. The molecule has 3 rings (SSSR count). The number of benzene rings is 1. The summed E-state index contributed by atoms with van der Waals surface area (Å²) in [6.07, 6.45) is 6.43. The van der Waals surface area contributed by atoms with Crippen molar-refractivity contribution in [1.29, 1.82) is 0 Å². The number of amides is 1. The number of fused-ring (bicyclic) bond motifs is 1. The van der Waals surface area contributed by atoms with Crippen molar-refractivity contribution < 1.29 is 9.18 Å². The first-order chi connectivity index (χ1) is 10.2. The van der Waals surface area contributed by atoms with Gasteiger partial charge < -0.3 is 5.32 Å². The molecule has 1 heterocycles. The Labute approximate surface area is 122 Å². The number of nitrogens with zero attached hydrogens (tertiary/aromatic N) is 1. The zero-order chi connectivity index (χ0) is 14.7. The molecule has 0 aliphatic heterocycles. The summed E-state index contributed by atoms with van der Waals surface area (Å²) in [6.45, 7) is 0. The molecule has 0 saturated heterocycles. The Morgan fingerprint density at radius 1 is 1.19 bits per heavy atom. The van der Waals surface area contributed by atoms with Crippen molar-refractivity contribution in [2.24, 2.45) is 0 Å². The Bertz CT molecular complexity index is 651. The van der Waals surface area contributed by atoms with E-state index in [1.165, 1.54) is 25.0 Å². The number of carbonyl (C=O) groups excluding carboxylic acids is 1. The number of aryl methyl sites for hydroxylation is 1. The highest BCUT2D eigenvalue weighted by atomic mass is 19.1. The molecule has 1 aliphatic carbocycles. The zero-order valence-electron chi connectivity index (χ0n) is 11.8. The van der Waals surface area contributed by atoms with Crippen molar-refractivity contribution in [2.75, 3.05) is 5.32 Å². The maximum atomic E-state index is 13.2. The molecule has 0 spiro atoms. The van der Waals surface area contributed by atoms with Crippen LogP contribution < -0.4 is 5.32 Å². The minimum atomic E-state index is -0.370. The highest BCUT2D eigenvalue weighted by molar-refractivity contribution is 6.04. The molecule has 1 aliphatic rings. The average Bonchev–Trinajstić information content (AvgIpc) is 2.80. The lowest BCUT2D eigenvalue weighted by molar-refractivity contribution is 0.102. The second-order valence-corrected chi connectivity index (χ2v) is 5.41. The number of nitrogens with one attached hydrogen (secondary N) is 2. The molecular formula is C16H18FN3O. The first-order valence-corrected chi connectivity index (χ1v) is 7.37. The molecule has 0 atom stereocenters. The number of anilines is 1. The minimum Gasteiger partial charge on any atom is -0.320 e. The van der Waals surface area contributed by atoms with Crippen molar-refractivity contribution in [2.45, 2.75) is 38.5 Å². The highest BCUT2D eigenvalue weighted by Crippen LogP contribution is 2.22. The zero-order valence-corrected chi connectivity index (χ0v) is 11.8. The standard InChI is InChI=1S/C16H18FN3O/c17-11-6-5-7-12(10-11)18-16(21)15-13-8-3-1-2-4-9-14(13)19-20-15/h5-7,10H,1-4,8-9H2,(H,18,21)(H,19,20). The molecule has 4 nitrogen and oxygen atoms in total. The van der Waals surface area contributed by atoms with E-state index in [4.69, 9.17) is 0 Å². The Hall–Kier alpha value is -2.17. The molecule has 2 N–H and O–H groups in total. The Balaban J connectivity index is 1.81. The van der Waals surface area contributed by atoms with Gasteiger partial charge in [-0.1, -0.05) is 18.9 Å². The fourth-order valence-electron chi connectivity index (χ4n) is 2.78. The molecule has 0 radical (unpaired) electrons. The van der Waals surface area contributed by atoms with Crippen molar-refractivity contribution >= 4 is 11.6 Å². The van der Waals surface area contributed by atoms with Crippen LogP contribution in [0.5, 0.6) is 0 Å². The molecule has 0 unspecified atom stereocenters. The minimum absolute atomic E-state index is 0.279. The molecule has 0 fully saturated rings. The monoisotopic (exact) mass is 287 g/mol. The lowest BCUT2D eigenvalue weighted by Crippen LogP contribution is -2.15. The Morgan fingerprint density at radius 3 is 2.81 bits per heavy atom. The van der Waals surface area contributed by atoms with Crippen LogP contribution in [0.3, 0.4) is 0 Å². The molecule has 2 aromatic rings. The third kappa shape index (κ3) is 3.12. The van der Waals surface area contributed by atoms with Crippen molar-refractivity contribution in [1.82, 2.24) is 10.2 Å². The van der Waals surface area contributed by atoms with Crippen LogP contribution in [0.1, 0.15) is 47.4 Å². The number of carbonyl (C=O) groups is 1. The van der Waals surface area contributed by atoms with Crippen molar-refractivity contribution in [3.63, 3.8) is 0 Å². The number of H-pyrrole nitrogens is 1. The third-order valence-corrected chi connectivity index (χ3v) is 3.85. The van der Waals surface area contributed by atoms with Gasteiger partial charge in [0.2, 0.25) is 0 Å². The molecule has 0 bridgehead atoms. The molecular weight excluding hydrogens is 269 g/mol. The van der Waals surface area contributed by atoms with E-state index in [0.29, 0.717) is 11.4 Å². The van der Waals surface area contributed by atoms with E-state index in [9.17, 15) is 9.18 Å². The first kappa shape index (κ1) is 13.8. The van der Waals surface area contributed by atoms with E-state index in [-0.39, 0.29) is 11.7 Å². The van der Waals surface area contributed by atoms with Crippen LogP contribution >= 0.6 is 0 Å². The van der Waals surface area contributed by atoms with Crippen LogP contribution in [0, 0.1) is 5.82 Å². The smallest absolute Gasteiger partial charge is 0.276 e. The van der Waals surface area contributed by atoms with Crippen LogP contribution in [-0.2, 0) is 12.8 Å². The van der Waals surface area contributed by atoms with Gasteiger partial charge in [-0.05, 0) is 43.9 Å². The van der Waals surface area contributed by atoms with Gasteiger partial charge in [-0.25, -0.2) is 4.39 Å². The largest absolute Gasteiger partial charge is 0.320 e. The lowest BCUT2D eigenvalue weighted by Gasteiger charge is -2.10. The van der Waals surface area contributed by atoms with Crippen LogP contribution in [0.25, 0.3) is 0 Å². The molecule has 1 aromatic heterocycles. The fraction of sp³-hybridized carbons (Fsp3) is 0.375. The first-order valence-electron chi connectivity index (χ1n) is 7.37. The second-order valence-electron chi connectivity index (χ2n) is 5.41. The quantitative estimate of drug-likeness (QED) is 0.888.